The van der Waals surface area contributed by atoms with Crippen molar-refractivity contribution in [3.05, 3.63) is 35.8 Å². The lowest BCUT2D eigenvalue weighted by atomic mass is 10.2. The fourth-order valence-electron chi connectivity index (χ4n) is 1.89. The van der Waals surface area contributed by atoms with Gasteiger partial charge in [0.25, 0.3) is 0 Å². The Bertz CT molecular complexity index is 572. The highest BCUT2D eigenvalue weighted by Crippen LogP contribution is 2.21. The van der Waals surface area contributed by atoms with Crippen molar-refractivity contribution in [1.82, 2.24) is 15.0 Å². The van der Waals surface area contributed by atoms with Gasteiger partial charge in [0, 0.05) is 41.9 Å². The number of nitrogens with zero attached hydrogens (tertiary/aromatic N) is 3. The molecule has 2 N–H and O–H groups in total. The molecule has 0 spiro atoms. The molecule has 0 fully saturated rings. The van der Waals surface area contributed by atoms with Crippen molar-refractivity contribution < 1.29 is 5.11 Å². The van der Waals surface area contributed by atoms with Gasteiger partial charge in [-0.3, -0.25) is 4.98 Å². The maximum Gasteiger partial charge on any atom is 0.163 e. The molecule has 0 amide bonds. The molecule has 0 aliphatic carbocycles. The maximum atomic E-state index is 8.99. The van der Waals surface area contributed by atoms with E-state index in [0.717, 1.165) is 22.6 Å². The third-order valence-electron chi connectivity index (χ3n) is 3.25. The Hall–Kier alpha value is -2.01. The summed E-state index contributed by atoms with van der Waals surface area (Å²) in [7, 11) is 0. The van der Waals surface area contributed by atoms with E-state index < -0.39 is 0 Å². The van der Waals surface area contributed by atoms with E-state index >= 15 is 0 Å². The van der Waals surface area contributed by atoms with Crippen LogP contribution >= 0.6 is 0 Å². The molecule has 0 aliphatic heterocycles. The summed E-state index contributed by atoms with van der Waals surface area (Å²) in [5.74, 6) is 1.48. The van der Waals surface area contributed by atoms with Crippen molar-refractivity contribution in [2.45, 2.75) is 33.2 Å². The Labute approximate surface area is 119 Å². The van der Waals surface area contributed by atoms with Crippen molar-refractivity contribution in [3.8, 4) is 11.4 Å². The van der Waals surface area contributed by atoms with Gasteiger partial charge in [-0.2, -0.15) is 0 Å². The minimum atomic E-state index is 0.159. The van der Waals surface area contributed by atoms with Gasteiger partial charge < -0.3 is 10.4 Å². The molecule has 106 valence electrons. The van der Waals surface area contributed by atoms with Crippen LogP contribution in [0.4, 0.5) is 5.82 Å². The van der Waals surface area contributed by atoms with Crippen molar-refractivity contribution in [2.75, 3.05) is 11.9 Å². The number of aliphatic hydroxyl groups excluding tert-OH is 1. The first kappa shape index (κ1) is 14.4. The summed E-state index contributed by atoms with van der Waals surface area (Å²) in [5, 5.41) is 12.3. The number of aromatic nitrogens is 3. The largest absolute Gasteiger partial charge is 0.396 e. The Morgan fingerprint density at radius 3 is 2.75 bits per heavy atom. The lowest BCUT2D eigenvalue weighted by Gasteiger charge is -2.17. The molecule has 0 aliphatic rings. The Morgan fingerprint density at radius 1 is 1.30 bits per heavy atom. The molecule has 0 saturated heterocycles. The van der Waals surface area contributed by atoms with Gasteiger partial charge in [0.1, 0.15) is 5.82 Å². The second-order valence-electron chi connectivity index (χ2n) is 4.91. The fraction of sp³-hybridized carbons (Fsp3) is 0.400. The number of anilines is 1. The summed E-state index contributed by atoms with van der Waals surface area (Å²) in [5.41, 5.74) is 2.87. The number of hydrogen-bond donors (Lipinski definition) is 2. The smallest absolute Gasteiger partial charge is 0.163 e. The molecule has 2 aromatic heterocycles. The highest BCUT2D eigenvalue weighted by atomic mass is 16.3. The summed E-state index contributed by atoms with van der Waals surface area (Å²) < 4.78 is 0. The molecule has 1 atom stereocenters. The van der Waals surface area contributed by atoms with Crippen molar-refractivity contribution in [2.24, 2.45) is 0 Å². The molecule has 20 heavy (non-hydrogen) atoms. The quantitative estimate of drug-likeness (QED) is 0.874. The van der Waals surface area contributed by atoms with Crippen LogP contribution in [0, 0.1) is 13.8 Å². The maximum absolute atomic E-state index is 8.99. The fourth-order valence-corrected chi connectivity index (χ4v) is 1.89. The monoisotopic (exact) mass is 272 g/mol. The molecule has 2 heterocycles. The van der Waals surface area contributed by atoms with E-state index in [1.54, 1.807) is 12.4 Å². The molecule has 5 heteroatoms. The summed E-state index contributed by atoms with van der Waals surface area (Å²) in [6, 6.07) is 3.97. The van der Waals surface area contributed by atoms with Gasteiger partial charge in [-0.05, 0) is 39.3 Å². The molecule has 5 nitrogen and oxygen atoms in total. The molecule has 0 radical (unpaired) electrons. The normalized spacial score (nSPS) is 12.2. The zero-order valence-electron chi connectivity index (χ0n) is 12.1. The topological polar surface area (TPSA) is 70.9 Å². The average molecular weight is 272 g/mol. The molecule has 0 saturated carbocycles. The number of hydrogen-bond acceptors (Lipinski definition) is 5. The van der Waals surface area contributed by atoms with Gasteiger partial charge in [0.05, 0.1) is 0 Å². The van der Waals surface area contributed by atoms with E-state index in [1.807, 2.05) is 32.9 Å². The van der Waals surface area contributed by atoms with E-state index in [2.05, 4.69) is 20.3 Å². The van der Waals surface area contributed by atoms with E-state index in [-0.39, 0.29) is 12.6 Å². The van der Waals surface area contributed by atoms with Crippen LogP contribution < -0.4 is 5.32 Å². The van der Waals surface area contributed by atoms with Crippen LogP contribution in [-0.2, 0) is 0 Å². The third-order valence-corrected chi connectivity index (χ3v) is 3.25. The first-order valence-corrected chi connectivity index (χ1v) is 6.75. The first-order chi connectivity index (χ1) is 9.61. The van der Waals surface area contributed by atoms with Crippen LogP contribution in [0.15, 0.2) is 24.5 Å². The first-order valence-electron chi connectivity index (χ1n) is 6.75. The standard InChI is InChI=1S/C15H20N4O/c1-10(6-8-20)17-14-11(2)12(3)18-15(19-14)13-5-4-7-16-9-13/h4-5,7,9-10,20H,6,8H2,1-3H3,(H,17,18,19). The zero-order valence-corrected chi connectivity index (χ0v) is 12.1. The number of rotatable bonds is 5. The third kappa shape index (κ3) is 3.30. The van der Waals surface area contributed by atoms with Crippen LogP contribution in [0.1, 0.15) is 24.6 Å². The Balaban J connectivity index is 2.35. The molecule has 0 bridgehead atoms. The Morgan fingerprint density at radius 2 is 2.10 bits per heavy atom. The predicted octanol–water partition coefficient (Wildman–Crippen LogP) is 2.34. The average Bonchev–Trinajstić information content (AvgIpc) is 2.45. The predicted molar refractivity (Wildman–Crippen MR) is 79.5 cm³/mol. The van der Waals surface area contributed by atoms with E-state index in [9.17, 15) is 0 Å². The van der Waals surface area contributed by atoms with Crippen LogP contribution in [0.5, 0.6) is 0 Å². The molecular formula is C15H20N4O. The van der Waals surface area contributed by atoms with Gasteiger partial charge >= 0.3 is 0 Å². The zero-order chi connectivity index (χ0) is 14.5. The molecule has 1 unspecified atom stereocenters. The second-order valence-corrected chi connectivity index (χ2v) is 4.91. The molecular weight excluding hydrogens is 252 g/mol. The van der Waals surface area contributed by atoms with Crippen molar-refractivity contribution in [3.63, 3.8) is 0 Å². The van der Waals surface area contributed by atoms with Crippen LogP contribution in [-0.4, -0.2) is 32.7 Å². The van der Waals surface area contributed by atoms with Gasteiger partial charge in [0.15, 0.2) is 5.82 Å². The highest BCUT2D eigenvalue weighted by molar-refractivity contribution is 5.58. The van der Waals surface area contributed by atoms with Crippen LogP contribution in [0.2, 0.25) is 0 Å². The lowest BCUT2D eigenvalue weighted by Crippen LogP contribution is -2.19. The molecule has 2 aromatic rings. The summed E-state index contributed by atoms with van der Waals surface area (Å²) in [6.07, 6.45) is 4.17. The summed E-state index contributed by atoms with van der Waals surface area (Å²) in [4.78, 5) is 13.2. The molecule has 0 aromatic carbocycles. The van der Waals surface area contributed by atoms with Crippen LogP contribution in [0.3, 0.4) is 0 Å². The van der Waals surface area contributed by atoms with E-state index in [0.29, 0.717) is 12.2 Å². The minimum absolute atomic E-state index is 0.159. The number of nitrogens with one attached hydrogen (secondary N) is 1. The minimum Gasteiger partial charge on any atom is -0.396 e. The number of aliphatic hydroxyl groups is 1. The van der Waals surface area contributed by atoms with Crippen molar-refractivity contribution >= 4 is 5.82 Å². The second kappa shape index (κ2) is 6.43. The van der Waals surface area contributed by atoms with E-state index in [1.165, 1.54) is 0 Å². The number of pyridine rings is 1. The highest BCUT2D eigenvalue weighted by Gasteiger charge is 2.11. The van der Waals surface area contributed by atoms with Crippen LogP contribution in [0.25, 0.3) is 11.4 Å². The summed E-state index contributed by atoms with van der Waals surface area (Å²) in [6.45, 7) is 6.15. The lowest BCUT2D eigenvalue weighted by molar-refractivity contribution is 0.282. The molecule has 2 rings (SSSR count). The number of aryl methyl sites for hydroxylation is 1. The van der Waals surface area contributed by atoms with Gasteiger partial charge in [-0.1, -0.05) is 0 Å². The Kier molecular flexibility index (Phi) is 4.63. The van der Waals surface area contributed by atoms with Gasteiger partial charge in [-0.15, -0.1) is 0 Å². The summed E-state index contributed by atoms with van der Waals surface area (Å²) >= 11 is 0. The SMILES string of the molecule is Cc1nc(-c2cccnc2)nc(NC(C)CCO)c1C. The van der Waals surface area contributed by atoms with E-state index in [4.69, 9.17) is 5.11 Å². The van der Waals surface area contributed by atoms with Gasteiger partial charge in [-0.25, -0.2) is 9.97 Å². The van der Waals surface area contributed by atoms with Crippen molar-refractivity contribution in [1.29, 1.82) is 0 Å². The van der Waals surface area contributed by atoms with Gasteiger partial charge in [0.2, 0.25) is 0 Å².